The van der Waals surface area contributed by atoms with Crippen LogP contribution < -0.4 is 15.2 Å². The van der Waals surface area contributed by atoms with E-state index in [1.54, 1.807) is 30.6 Å². The summed E-state index contributed by atoms with van der Waals surface area (Å²) in [5, 5.41) is 19.4. The topological polar surface area (TPSA) is 96.9 Å². The quantitative estimate of drug-likeness (QED) is 0.710. The van der Waals surface area contributed by atoms with Crippen molar-refractivity contribution in [1.29, 1.82) is 5.26 Å². The van der Waals surface area contributed by atoms with Crippen LogP contribution in [0.25, 0.3) is 10.6 Å². The fourth-order valence-electron chi connectivity index (χ4n) is 3.05. The number of aromatic nitrogens is 2. The van der Waals surface area contributed by atoms with Crippen LogP contribution in [0, 0.1) is 11.3 Å². The van der Waals surface area contributed by atoms with Crippen molar-refractivity contribution in [3.8, 4) is 28.3 Å². The highest BCUT2D eigenvalue weighted by Crippen LogP contribution is 2.47. The number of allylic oxidation sites excluding steroid dienone is 1. The van der Waals surface area contributed by atoms with Gasteiger partial charge in [0, 0.05) is 0 Å². The van der Waals surface area contributed by atoms with Crippen molar-refractivity contribution in [2.45, 2.75) is 5.92 Å². The van der Waals surface area contributed by atoms with Crippen molar-refractivity contribution >= 4 is 22.9 Å². The number of rotatable bonds is 3. The summed E-state index contributed by atoms with van der Waals surface area (Å²) >= 11 is 7.88. The maximum absolute atomic E-state index is 9.69. The molecule has 26 heavy (non-hydrogen) atoms. The van der Waals surface area contributed by atoms with E-state index in [4.69, 9.17) is 26.8 Å². The molecule has 0 spiro atoms. The normalized spacial score (nSPS) is 16.0. The Balaban J connectivity index is 1.94. The lowest BCUT2D eigenvalue weighted by Gasteiger charge is -2.24. The first-order valence-electron chi connectivity index (χ1n) is 7.67. The molecule has 1 atom stereocenters. The summed E-state index contributed by atoms with van der Waals surface area (Å²) in [6, 6.07) is 11.5. The van der Waals surface area contributed by atoms with Crippen LogP contribution in [-0.4, -0.2) is 17.3 Å². The maximum atomic E-state index is 9.69. The fourth-order valence-corrected chi connectivity index (χ4v) is 4.05. The number of nitriles is 1. The first-order valence-corrected chi connectivity index (χ1v) is 8.93. The lowest BCUT2D eigenvalue weighted by Crippen LogP contribution is -2.21. The van der Waals surface area contributed by atoms with Gasteiger partial charge in [0.2, 0.25) is 11.8 Å². The fraction of sp³-hybridized carbons (Fsp3) is 0.111. The van der Waals surface area contributed by atoms with Gasteiger partial charge in [-0.25, -0.2) is 0 Å². The molecule has 1 aromatic carbocycles. The number of methoxy groups -OCH3 is 1. The Morgan fingerprint density at radius 2 is 2.27 bits per heavy atom. The summed E-state index contributed by atoms with van der Waals surface area (Å²) in [4.78, 5) is 0.990. The van der Waals surface area contributed by atoms with Crippen LogP contribution in [0.1, 0.15) is 17.0 Å². The minimum Gasteiger partial charge on any atom is -0.495 e. The van der Waals surface area contributed by atoms with Crippen LogP contribution in [0.2, 0.25) is 5.02 Å². The van der Waals surface area contributed by atoms with Crippen LogP contribution in [-0.2, 0) is 0 Å². The zero-order valence-corrected chi connectivity index (χ0v) is 15.2. The second-order valence-corrected chi connectivity index (χ2v) is 6.97. The second-order valence-electron chi connectivity index (χ2n) is 5.61. The number of benzene rings is 1. The third kappa shape index (κ3) is 2.51. The summed E-state index contributed by atoms with van der Waals surface area (Å²) in [6.45, 7) is 0. The summed E-state index contributed by atoms with van der Waals surface area (Å²) in [5.41, 5.74) is 8.66. The molecule has 0 amide bonds. The minimum absolute atomic E-state index is 0.0428. The predicted molar refractivity (Wildman–Crippen MR) is 99.2 cm³/mol. The van der Waals surface area contributed by atoms with Crippen molar-refractivity contribution in [2.75, 3.05) is 7.11 Å². The number of hydrogen-bond donors (Lipinski definition) is 2. The van der Waals surface area contributed by atoms with E-state index in [1.807, 2.05) is 23.6 Å². The van der Waals surface area contributed by atoms with Crippen LogP contribution >= 0.6 is 22.9 Å². The van der Waals surface area contributed by atoms with E-state index in [0.717, 1.165) is 21.7 Å². The zero-order valence-electron chi connectivity index (χ0n) is 13.6. The smallest absolute Gasteiger partial charge is 0.244 e. The minimum atomic E-state index is -0.442. The van der Waals surface area contributed by atoms with Gasteiger partial charge in [0.05, 0.1) is 34.2 Å². The van der Waals surface area contributed by atoms with Crippen molar-refractivity contribution in [3.05, 3.63) is 63.3 Å². The van der Waals surface area contributed by atoms with E-state index in [-0.39, 0.29) is 5.88 Å². The van der Waals surface area contributed by atoms with Crippen molar-refractivity contribution in [2.24, 2.45) is 5.73 Å². The third-order valence-electron chi connectivity index (χ3n) is 4.22. The van der Waals surface area contributed by atoms with E-state index in [2.05, 4.69) is 16.3 Å². The number of halogens is 1. The van der Waals surface area contributed by atoms with Gasteiger partial charge in [0.15, 0.2) is 0 Å². The summed E-state index contributed by atoms with van der Waals surface area (Å²) in [5.74, 6) is 0.523. The Bertz CT molecular complexity index is 1050. The molecule has 0 radical (unpaired) electrons. The molecule has 1 aliphatic rings. The molecule has 3 heterocycles. The average Bonchev–Trinajstić information content (AvgIpc) is 3.29. The number of nitrogens with one attached hydrogen (secondary N) is 1. The Labute approximate surface area is 158 Å². The molecule has 3 aromatic rings. The molecule has 4 rings (SSSR count). The Hall–Kier alpha value is -2.95. The predicted octanol–water partition coefficient (Wildman–Crippen LogP) is 4.02. The number of nitrogens with two attached hydrogens (primary N) is 1. The molecule has 2 aromatic heterocycles. The zero-order chi connectivity index (χ0) is 18.3. The molecular weight excluding hydrogens is 372 g/mol. The Kier molecular flexibility index (Phi) is 4.07. The molecule has 1 unspecified atom stereocenters. The molecule has 0 bridgehead atoms. The van der Waals surface area contributed by atoms with E-state index < -0.39 is 5.92 Å². The van der Waals surface area contributed by atoms with Gasteiger partial charge in [-0.1, -0.05) is 23.7 Å². The van der Waals surface area contributed by atoms with Gasteiger partial charge in [-0.3, -0.25) is 5.10 Å². The SMILES string of the molecule is COc1ccc(C2C(C#N)=C(N)Oc3n[nH]c(-c4cccs4)c32)cc1Cl. The number of ether oxygens (including phenoxy) is 2. The van der Waals surface area contributed by atoms with Gasteiger partial charge in [0.1, 0.15) is 17.4 Å². The van der Waals surface area contributed by atoms with Crippen molar-refractivity contribution in [3.63, 3.8) is 0 Å². The maximum Gasteiger partial charge on any atom is 0.244 e. The Morgan fingerprint density at radius 1 is 1.42 bits per heavy atom. The molecule has 6 nitrogen and oxygen atoms in total. The standard InChI is InChI=1S/C18H13ClN4O2S/c1-24-12-5-4-9(7-11(12)19)14-10(8-20)17(21)25-18-15(14)16(22-23-18)13-3-2-6-26-13/h2-7,14H,21H2,1H3,(H,22,23). The van der Waals surface area contributed by atoms with E-state index in [1.165, 1.54) is 0 Å². The second kappa shape index (κ2) is 6.41. The third-order valence-corrected chi connectivity index (χ3v) is 5.40. The first-order chi connectivity index (χ1) is 12.6. The van der Waals surface area contributed by atoms with E-state index >= 15 is 0 Å². The molecule has 0 aliphatic carbocycles. The lowest BCUT2D eigenvalue weighted by molar-refractivity contribution is 0.379. The molecule has 130 valence electrons. The highest BCUT2D eigenvalue weighted by atomic mass is 35.5. The Morgan fingerprint density at radius 3 is 2.92 bits per heavy atom. The lowest BCUT2D eigenvalue weighted by atomic mass is 9.84. The van der Waals surface area contributed by atoms with Crippen LogP contribution in [0.15, 0.2) is 47.2 Å². The van der Waals surface area contributed by atoms with Gasteiger partial charge in [-0.05, 0) is 29.1 Å². The number of hydrogen-bond acceptors (Lipinski definition) is 6. The number of nitrogens with zero attached hydrogens (tertiary/aromatic N) is 2. The molecule has 1 aliphatic heterocycles. The van der Waals surface area contributed by atoms with Gasteiger partial charge in [-0.2, -0.15) is 5.26 Å². The van der Waals surface area contributed by atoms with Gasteiger partial charge in [0.25, 0.3) is 0 Å². The summed E-state index contributed by atoms with van der Waals surface area (Å²) in [6.07, 6.45) is 0. The van der Waals surface area contributed by atoms with E-state index in [0.29, 0.717) is 22.2 Å². The van der Waals surface area contributed by atoms with Crippen molar-refractivity contribution in [1.82, 2.24) is 10.2 Å². The van der Waals surface area contributed by atoms with Gasteiger partial charge < -0.3 is 15.2 Å². The summed E-state index contributed by atoms with van der Waals surface area (Å²) in [7, 11) is 1.55. The van der Waals surface area contributed by atoms with Crippen LogP contribution in [0.3, 0.4) is 0 Å². The molecule has 0 saturated carbocycles. The van der Waals surface area contributed by atoms with Gasteiger partial charge in [-0.15, -0.1) is 16.4 Å². The van der Waals surface area contributed by atoms with Crippen LogP contribution in [0.5, 0.6) is 11.6 Å². The number of fused-ring (bicyclic) bond motifs is 1. The summed E-state index contributed by atoms with van der Waals surface area (Å²) < 4.78 is 10.8. The largest absolute Gasteiger partial charge is 0.495 e. The average molecular weight is 385 g/mol. The molecular formula is C18H13ClN4O2S. The van der Waals surface area contributed by atoms with Gasteiger partial charge >= 0.3 is 0 Å². The molecule has 8 heteroatoms. The monoisotopic (exact) mass is 384 g/mol. The first kappa shape index (κ1) is 16.5. The number of aromatic amines is 1. The molecule has 3 N–H and O–H groups in total. The molecule has 0 saturated heterocycles. The van der Waals surface area contributed by atoms with Crippen molar-refractivity contribution < 1.29 is 9.47 Å². The van der Waals surface area contributed by atoms with E-state index in [9.17, 15) is 5.26 Å². The highest BCUT2D eigenvalue weighted by molar-refractivity contribution is 7.13. The molecule has 0 fully saturated rings. The highest BCUT2D eigenvalue weighted by Gasteiger charge is 2.36. The number of H-pyrrole nitrogens is 1. The van der Waals surface area contributed by atoms with Crippen LogP contribution in [0.4, 0.5) is 0 Å². The number of thiophene rings is 1.